The summed E-state index contributed by atoms with van der Waals surface area (Å²) in [5.74, 6) is -0.261. The number of carboxylic acid groups (broad SMARTS) is 1. The van der Waals surface area contributed by atoms with Crippen LogP contribution in [0.25, 0.3) is 0 Å². The molecule has 0 saturated carbocycles. The third-order valence-corrected chi connectivity index (χ3v) is 3.86. The Labute approximate surface area is 117 Å². The van der Waals surface area contributed by atoms with Crippen LogP contribution in [0.1, 0.15) is 16.1 Å². The van der Waals surface area contributed by atoms with Crippen LogP contribution in [-0.4, -0.2) is 16.1 Å². The van der Waals surface area contributed by atoms with Crippen LogP contribution >= 0.6 is 27.7 Å². The van der Waals surface area contributed by atoms with Gasteiger partial charge in [0.25, 0.3) is 0 Å². The van der Waals surface area contributed by atoms with Gasteiger partial charge < -0.3 is 5.11 Å². The predicted molar refractivity (Wildman–Crippen MR) is 74.9 cm³/mol. The molecule has 0 aliphatic heterocycles. The average Bonchev–Trinajstić information content (AvgIpc) is 2.37. The van der Waals surface area contributed by atoms with Gasteiger partial charge in [0.05, 0.1) is 11.3 Å². The molecule has 0 radical (unpaired) electrons. The fraction of sp³-hybridized carbons (Fsp3) is 0.0769. The summed E-state index contributed by atoms with van der Waals surface area (Å²) in [6, 6.07) is 10.8. The van der Waals surface area contributed by atoms with E-state index >= 15 is 0 Å². The van der Waals surface area contributed by atoms with Gasteiger partial charge in [0, 0.05) is 21.3 Å². The standard InChI is InChI=1S/C13H10BrNO2S/c14-9-4-5-11(13(16)17)12(7-9)18-8-10-3-1-2-6-15-10/h1-7H,8H2,(H,16,17). The van der Waals surface area contributed by atoms with Gasteiger partial charge in [-0.25, -0.2) is 4.79 Å². The topological polar surface area (TPSA) is 50.2 Å². The number of rotatable bonds is 4. The van der Waals surface area contributed by atoms with Crippen LogP contribution in [0.15, 0.2) is 52.0 Å². The molecule has 2 rings (SSSR count). The smallest absolute Gasteiger partial charge is 0.336 e. The van der Waals surface area contributed by atoms with Gasteiger partial charge in [0.1, 0.15) is 0 Å². The number of aromatic nitrogens is 1. The van der Waals surface area contributed by atoms with E-state index < -0.39 is 5.97 Å². The van der Waals surface area contributed by atoms with Gasteiger partial charge in [-0.15, -0.1) is 11.8 Å². The molecule has 1 aromatic heterocycles. The first-order valence-corrected chi connectivity index (χ1v) is 7.00. The van der Waals surface area contributed by atoms with Crippen LogP contribution in [-0.2, 0) is 5.75 Å². The molecule has 1 aromatic carbocycles. The lowest BCUT2D eigenvalue weighted by molar-refractivity contribution is 0.0693. The SMILES string of the molecule is O=C(O)c1ccc(Br)cc1SCc1ccccn1. The van der Waals surface area contributed by atoms with Crippen LogP contribution in [0.3, 0.4) is 0 Å². The van der Waals surface area contributed by atoms with E-state index in [2.05, 4.69) is 20.9 Å². The molecule has 0 aliphatic carbocycles. The third kappa shape index (κ3) is 3.34. The van der Waals surface area contributed by atoms with Gasteiger partial charge in [-0.05, 0) is 30.3 Å². The highest BCUT2D eigenvalue weighted by Gasteiger charge is 2.11. The zero-order valence-corrected chi connectivity index (χ0v) is 11.7. The second-order valence-corrected chi connectivity index (χ2v) is 5.49. The molecule has 0 atom stereocenters. The lowest BCUT2D eigenvalue weighted by Gasteiger charge is -2.06. The Morgan fingerprint density at radius 1 is 1.33 bits per heavy atom. The first-order chi connectivity index (χ1) is 8.66. The maximum atomic E-state index is 11.1. The second kappa shape index (κ2) is 6.02. The fourth-order valence-corrected chi connectivity index (χ4v) is 2.94. The monoisotopic (exact) mass is 323 g/mol. The molecule has 18 heavy (non-hydrogen) atoms. The number of nitrogens with zero attached hydrogens (tertiary/aromatic N) is 1. The van der Waals surface area contributed by atoms with E-state index in [1.807, 2.05) is 24.3 Å². The molecule has 0 aliphatic rings. The van der Waals surface area contributed by atoms with Crippen molar-refractivity contribution in [1.82, 2.24) is 4.98 Å². The van der Waals surface area contributed by atoms with Crippen molar-refractivity contribution in [3.63, 3.8) is 0 Å². The highest BCUT2D eigenvalue weighted by atomic mass is 79.9. The summed E-state index contributed by atoms with van der Waals surface area (Å²) in [7, 11) is 0. The van der Waals surface area contributed by atoms with Crippen molar-refractivity contribution < 1.29 is 9.90 Å². The van der Waals surface area contributed by atoms with Crippen molar-refractivity contribution in [2.45, 2.75) is 10.6 Å². The van der Waals surface area contributed by atoms with Crippen LogP contribution in [0.4, 0.5) is 0 Å². The summed E-state index contributed by atoms with van der Waals surface area (Å²) in [4.78, 5) is 16.0. The molecular formula is C13H10BrNO2S. The molecule has 5 heteroatoms. The number of benzene rings is 1. The zero-order valence-electron chi connectivity index (χ0n) is 9.34. The summed E-state index contributed by atoms with van der Waals surface area (Å²) in [5.41, 5.74) is 1.25. The van der Waals surface area contributed by atoms with E-state index in [0.717, 1.165) is 15.1 Å². The second-order valence-electron chi connectivity index (χ2n) is 3.56. The third-order valence-electron chi connectivity index (χ3n) is 2.28. The Morgan fingerprint density at radius 2 is 2.17 bits per heavy atom. The number of hydrogen-bond acceptors (Lipinski definition) is 3. The molecule has 0 fully saturated rings. The van der Waals surface area contributed by atoms with E-state index in [-0.39, 0.29) is 0 Å². The van der Waals surface area contributed by atoms with Crippen molar-refractivity contribution in [3.8, 4) is 0 Å². The molecule has 1 heterocycles. The Morgan fingerprint density at radius 3 is 2.83 bits per heavy atom. The molecule has 92 valence electrons. The molecule has 0 amide bonds. The number of hydrogen-bond donors (Lipinski definition) is 1. The number of thioether (sulfide) groups is 1. The highest BCUT2D eigenvalue weighted by Crippen LogP contribution is 2.28. The van der Waals surface area contributed by atoms with Gasteiger partial charge in [-0.2, -0.15) is 0 Å². The fourth-order valence-electron chi connectivity index (χ4n) is 1.43. The van der Waals surface area contributed by atoms with E-state index in [9.17, 15) is 4.79 Å². The molecule has 0 spiro atoms. The predicted octanol–water partition coefficient (Wildman–Crippen LogP) is 3.83. The molecule has 2 aromatic rings. The van der Waals surface area contributed by atoms with Crippen molar-refractivity contribution in [2.75, 3.05) is 0 Å². The van der Waals surface area contributed by atoms with Gasteiger partial charge >= 0.3 is 5.97 Å². The van der Waals surface area contributed by atoms with Crippen molar-refractivity contribution in [2.24, 2.45) is 0 Å². The van der Waals surface area contributed by atoms with Gasteiger partial charge in [-0.1, -0.05) is 22.0 Å². The van der Waals surface area contributed by atoms with E-state index in [0.29, 0.717) is 11.3 Å². The van der Waals surface area contributed by atoms with E-state index in [4.69, 9.17) is 5.11 Å². The molecule has 0 unspecified atom stereocenters. The molecule has 0 bridgehead atoms. The van der Waals surface area contributed by atoms with Crippen LogP contribution in [0, 0.1) is 0 Å². The maximum Gasteiger partial charge on any atom is 0.336 e. The van der Waals surface area contributed by atoms with Crippen LogP contribution in [0.5, 0.6) is 0 Å². The van der Waals surface area contributed by atoms with Gasteiger partial charge in [-0.3, -0.25) is 4.98 Å². The van der Waals surface area contributed by atoms with E-state index in [1.54, 1.807) is 18.3 Å². The minimum atomic E-state index is -0.911. The van der Waals surface area contributed by atoms with Crippen LogP contribution in [0.2, 0.25) is 0 Å². The highest BCUT2D eigenvalue weighted by molar-refractivity contribution is 9.10. The first kappa shape index (κ1) is 13.1. The average molecular weight is 324 g/mol. The first-order valence-electron chi connectivity index (χ1n) is 5.22. The lowest BCUT2D eigenvalue weighted by Crippen LogP contribution is -1.99. The number of aromatic carboxylic acids is 1. The van der Waals surface area contributed by atoms with Crippen molar-refractivity contribution in [1.29, 1.82) is 0 Å². The van der Waals surface area contributed by atoms with Crippen molar-refractivity contribution in [3.05, 3.63) is 58.3 Å². The maximum absolute atomic E-state index is 11.1. The number of carbonyl (C=O) groups is 1. The minimum absolute atomic E-state index is 0.319. The summed E-state index contributed by atoms with van der Waals surface area (Å²) < 4.78 is 0.871. The Kier molecular flexibility index (Phi) is 4.38. The number of carboxylic acids is 1. The van der Waals surface area contributed by atoms with Gasteiger partial charge in [0.15, 0.2) is 0 Å². The minimum Gasteiger partial charge on any atom is -0.478 e. The summed E-state index contributed by atoms with van der Waals surface area (Å²) >= 11 is 4.82. The Hall–Kier alpha value is -1.33. The Bertz CT molecular complexity index is 560. The Balaban J connectivity index is 2.18. The van der Waals surface area contributed by atoms with Crippen LogP contribution < -0.4 is 0 Å². The summed E-state index contributed by atoms with van der Waals surface area (Å²) in [5, 5.41) is 9.11. The normalized spacial score (nSPS) is 10.3. The molecule has 1 N–H and O–H groups in total. The quantitative estimate of drug-likeness (QED) is 0.868. The van der Waals surface area contributed by atoms with Gasteiger partial charge in [0.2, 0.25) is 0 Å². The van der Waals surface area contributed by atoms with Crippen molar-refractivity contribution >= 4 is 33.7 Å². The number of halogens is 1. The number of pyridine rings is 1. The summed E-state index contributed by atoms with van der Waals surface area (Å²) in [6.07, 6.45) is 1.73. The molecule has 3 nitrogen and oxygen atoms in total. The zero-order chi connectivity index (χ0) is 13.0. The lowest BCUT2D eigenvalue weighted by atomic mass is 10.2. The van der Waals surface area contributed by atoms with E-state index in [1.165, 1.54) is 11.8 Å². The summed E-state index contributed by atoms with van der Waals surface area (Å²) in [6.45, 7) is 0. The largest absolute Gasteiger partial charge is 0.478 e. The molecule has 0 saturated heterocycles. The molecular weight excluding hydrogens is 314 g/mol.